The van der Waals surface area contributed by atoms with Crippen LogP contribution in [0, 0.1) is 5.92 Å². The normalized spacial score (nSPS) is 21.2. The molecule has 0 saturated carbocycles. The summed E-state index contributed by atoms with van der Waals surface area (Å²) in [7, 11) is 0. The van der Waals surface area contributed by atoms with Gasteiger partial charge in [-0.15, -0.1) is 0 Å². The minimum atomic E-state index is -0.483. The molecule has 2 amide bonds. The number of hydrogen-bond acceptors (Lipinski definition) is 5. The predicted molar refractivity (Wildman–Crippen MR) is 166 cm³/mol. The fourth-order valence-electron chi connectivity index (χ4n) is 6.48. The van der Waals surface area contributed by atoms with Gasteiger partial charge in [-0.25, -0.2) is 4.98 Å². The van der Waals surface area contributed by atoms with Crippen LogP contribution in [0.5, 0.6) is 0 Å². The lowest BCUT2D eigenvalue weighted by Crippen LogP contribution is -2.47. The lowest BCUT2D eigenvalue weighted by atomic mass is 9.96. The van der Waals surface area contributed by atoms with Crippen molar-refractivity contribution in [1.82, 2.24) is 19.8 Å². The SMILES string of the molecule is CC(C)C(=O)N1CCC[C@H]1c1ncc(-c2ccc(-c3ccc(C4=CN=C([C@@H]5CCCN5C(=O)[C@H](C)N)C4)cc3)cc2)[nH]1. The molecule has 8 heteroatoms. The van der Waals surface area contributed by atoms with Crippen LogP contribution >= 0.6 is 0 Å². The third-order valence-electron chi connectivity index (χ3n) is 8.79. The molecule has 2 aromatic carbocycles. The Morgan fingerprint density at radius 3 is 2.02 bits per heavy atom. The average molecular weight is 565 g/mol. The summed E-state index contributed by atoms with van der Waals surface area (Å²) in [6, 6.07) is 16.7. The number of nitrogens with one attached hydrogen (secondary N) is 1. The number of carbonyl (C=O) groups excluding carboxylic acids is 2. The molecule has 2 saturated heterocycles. The number of aromatic nitrogens is 2. The molecule has 3 aliphatic rings. The number of nitrogens with two attached hydrogens (primary N) is 1. The maximum absolute atomic E-state index is 12.7. The average Bonchev–Trinajstić information content (AvgIpc) is 3.82. The molecule has 0 spiro atoms. The van der Waals surface area contributed by atoms with Crippen LogP contribution in [0.4, 0.5) is 0 Å². The number of imidazole rings is 1. The van der Waals surface area contributed by atoms with E-state index in [0.29, 0.717) is 0 Å². The highest BCUT2D eigenvalue weighted by Gasteiger charge is 2.35. The summed E-state index contributed by atoms with van der Waals surface area (Å²) in [6.45, 7) is 7.21. The van der Waals surface area contributed by atoms with Crippen molar-refractivity contribution in [3.63, 3.8) is 0 Å². The highest BCUT2D eigenvalue weighted by molar-refractivity contribution is 6.03. The summed E-state index contributed by atoms with van der Waals surface area (Å²) < 4.78 is 0. The zero-order chi connectivity index (χ0) is 29.4. The summed E-state index contributed by atoms with van der Waals surface area (Å²) in [4.78, 5) is 42.0. The van der Waals surface area contributed by atoms with Crippen molar-refractivity contribution in [2.24, 2.45) is 16.6 Å². The van der Waals surface area contributed by atoms with Gasteiger partial charge in [-0.3, -0.25) is 14.6 Å². The number of amides is 2. The number of nitrogens with zero attached hydrogens (tertiary/aromatic N) is 4. The van der Waals surface area contributed by atoms with Crippen molar-refractivity contribution in [3.05, 3.63) is 72.3 Å². The Balaban J connectivity index is 1.10. The third kappa shape index (κ3) is 5.43. The first-order valence-corrected chi connectivity index (χ1v) is 15.2. The van der Waals surface area contributed by atoms with Gasteiger partial charge in [0.2, 0.25) is 11.8 Å². The van der Waals surface area contributed by atoms with Gasteiger partial charge in [-0.1, -0.05) is 62.4 Å². The topological polar surface area (TPSA) is 108 Å². The van der Waals surface area contributed by atoms with E-state index in [0.717, 1.165) is 84.7 Å². The molecule has 6 rings (SSSR count). The van der Waals surface area contributed by atoms with E-state index >= 15 is 0 Å². The molecule has 0 radical (unpaired) electrons. The van der Waals surface area contributed by atoms with Gasteiger partial charge in [0.05, 0.1) is 30.0 Å². The second-order valence-electron chi connectivity index (χ2n) is 12.1. The molecular weight excluding hydrogens is 524 g/mol. The van der Waals surface area contributed by atoms with Gasteiger partial charge in [0.1, 0.15) is 5.82 Å². The summed E-state index contributed by atoms with van der Waals surface area (Å²) >= 11 is 0. The Labute approximate surface area is 247 Å². The van der Waals surface area contributed by atoms with Gasteiger partial charge in [0.15, 0.2) is 0 Å². The first kappa shape index (κ1) is 28.1. The van der Waals surface area contributed by atoms with Gasteiger partial charge in [-0.05, 0) is 60.4 Å². The number of allylic oxidation sites excluding steroid dienone is 1. The van der Waals surface area contributed by atoms with Gasteiger partial charge in [0.25, 0.3) is 0 Å². The van der Waals surface area contributed by atoms with E-state index in [9.17, 15) is 9.59 Å². The van der Waals surface area contributed by atoms with Gasteiger partial charge >= 0.3 is 0 Å². The van der Waals surface area contributed by atoms with Crippen LogP contribution in [-0.4, -0.2) is 62.5 Å². The van der Waals surface area contributed by atoms with Crippen LogP contribution in [0.15, 0.2) is 65.9 Å². The number of rotatable bonds is 7. The van der Waals surface area contributed by atoms with Gasteiger partial charge in [-0.2, -0.15) is 0 Å². The molecule has 218 valence electrons. The largest absolute Gasteiger partial charge is 0.340 e. The molecule has 3 N–H and O–H groups in total. The zero-order valence-corrected chi connectivity index (χ0v) is 24.7. The number of H-pyrrole nitrogens is 1. The molecule has 4 heterocycles. The van der Waals surface area contributed by atoms with Crippen LogP contribution in [0.3, 0.4) is 0 Å². The first-order chi connectivity index (χ1) is 20.3. The van der Waals surface area contributed by atoms with Gasteiger partial charge < -0.3 is 20.5 Å². The van der Waals surface area contributed by atoms with Crippen LogP contribution in [-0.2, 0) is 9.59 Å². The number of aliphatic imine (C=N–C) groups is 1. The molecule has 2 fully saturated rings. The maximum atomic E-state index is 12.7. The van der Waals surface area contributed by atoms with Crippen molar-refractivity contribution < 1.29 is 9.59 Å². The molecule has 1 aromatic heterocycles. The standard InChI is InChI=1S/C34H40N6O2/c1-21(2)33(41)40-17-5-7-31(40)32-37-20-29(38-32)26-14-12-24(13-15-26)23-8-10-25(11-9-23)27-18-28(36-19-27)30-6-4-16-39(30)34(42)22(3)35/h8-15,19-22,30-31H,4-7,16-18,35H2,1-3H3,(H,37,38)/t22-,30-,31-/m0/s1. The van der Waals surface area contributed by atoms with E-state index in [4.69, 9.17) is 10.7 Å². The lowest BCUT2D eigenvalue weighted by Gasteiger charge is -2.26. The summed E-state index contributed by atoms with van der Waals surface area (Å²) in [5.74, 6) is 1.06. The number of benzene rings is 2. The van der Waals surface area contributed by atoms with Crippen molar-refractivity contribution in [1.29, 1.82) is 0 Å². The summed E-state index contributed by atoms with van der Waals surface area (Å²) in [6.07, 6.45) is 8.47. The Morgan fingerprint density at radius 1 is 0.833 bits per heavy atom. The Hall–Kier alpha value is -4.04. The van der Waals surface area contributed by atoms with E-state index in [-0.39, 0.29) is 29.8 Å². The highest BCUT2D eigenvalue weighted by atomic mass is 16.2. The lowest BCUT2D eigenvalue weighted by molar-refractivity contribution is -0.135. The number of hydrogen-bond donors (Lipinski definition) is 2. The van der Waals surface area contributed by atoms with Crippen LogP contribution in [0.2, 0.25) is 0 Å². The predicted octanol–water partition coefficient (Wildman–Crippen LogP) is 5.59. The van der Waals surface area contributed by atoms with E-state index in [1.165, 1.54) is 5.57 Å². The molecule has 8 nitrogen and oxygen atoms in total. The number of carbonyl (C=O) groups is 2. The van der Waals surface area contributed by atoms with Crippen LogP contribution in [0.25, 0.3) is 28.0 Å². The highest BCUT2D eigenvalue weighted by Crippen LogP contribution is 2.34. The van der Waals surface area contributed by atoms with Gasteiger partial charge in [0, 0.05) is 37.3 Å². The van der Waals surface area contributed by atoms with Crippen molar-refractivity contribution in [2.45, 2.75) is 71.0 Å². The molecule has 0 aliphatic carbocycles. The number of aromatic amines is 1. The molecule has 42 heavy (non-hydrogen) atoms. The van der Waals surface area contributed by atoms with Crippen molar-refractivity contribution in [2.75, 3.05) is 13.1 Å². The molecule has 3 aromatic rings. The maximum Gasteiger partial charge on any atom is 0.239 e. The van der Waals surface area contributed by atoms with Crippen LogP contribution < -0.4 is 5.73 Å². The molecule has 3 aliphatic heterocycles. The summed E-state index contributed by atoms with van der Waals surface area (Å²) in [5.41, 5.74) is 13.6. The molecule has 0 bridgehead atoms. The Bertz CT molecular complexity index is 1520. The Morgan fingerprint density at radius 2 is 1.40 bits per heavy atom. The van der Waals surface area contributed by atoms with E-state index in [2.05, 4.69) is 58.5 Å². The second-order valence-corrected chi connectivity index (χ2v) is 12.1. The molecular formula is C34H40N6O2. The number of likely N-dealkylation sites (tertiary alicyclic amines) is 2. The van der Waals surface area contributed by atoms with E-state index < -0.39 is 6.04 Å². The zero-order valence-electron chi connectivity index (χ0n) is 24.7. The van der Waals surface area contributed by atoms with E-state index in [1.54, 1.807) is 6.92 Å². The minimum absolute atomic E-state index is 0.00979. The summed E-state index contributed by atoms with van der Waals surface area (Å²) in [5, 5.41) is 0. The second kappa shape index (κ2) is 11.7. The smallest absolute Gasteiger partial charge is 0.239 e. The monoisotopic (exact) mass is 564 g/mol. The quantitative estimate of drug-likeness (QED) is 0.390. The van der Waals surface area contributed by atoms with Crippen molar-refractivity contribution in [3.8, 4) is 22.4 Å². The fraction of sp³-hybridized carbons (Fsp3) is 0.412. The molecule has 3 atom stereocenters. The van der Waals surface area contributed by atoms with E-state index in [1.807, 2.05) is 36.0 Å². The van der Waals surface area contributed by atoms with Crippen molar-refractivity contribution >= 4 is 23.1 Å². The first-order valence-electron chi connectivity index (χ1n) is 15.2. The Kier molecular flexibility index (Phi) is 7.82. The minimum Gasteiger partial charge on any atom is -0.340 e. The fourth-order valence-corrected chi connectivity index (χ4v) is 6.48. The van der Waals surface area contributed by atoms with Crippen LogP contribution in [0.1, 0.15) is 70.3 Å². The third-order valence-corrected chi connectivity index (χ3v) is 8.79. The molecule has 0 unspecified atom stereocenters.